The number of anilines is 1. The van der Waals surface area contributed by atoms with Crippen molar-refractivity contribution < 1.29 is 13.5 Å². The van der Waals surface area contributed by atoms with Crippen molar-refractivity contribution in [3.8, 4) is 17.6 Å². The highest BCUT2D eigenvalue weighted by atomic mass is 19.3. The van der Waals surface area contributed by atoms with Crippen LogP contribution in [0.2, 0.25) is 0 Å². The number of benzene rings is 2. The summed E-state index contributed by atoms with van der Waals surface area (Å²) >= 11 is 0. The van der Waals surface area contributed by atoms with Crippen molar-refractivity contribution in [2.75, 3.05) is 5.32 Å². The second-order valence-electron chi connectivity index (χ2n) is 7.01. The highest BCUT2D eigenvalue weighted by Crippen LogP contribution is 2.39. The summed E-state index contributed by atoms with van der Waals surface area (Å²) in [5.41, 5.74) is 2.64. The number of alkyl halides is 2. The Bertz CT molecular complexity index is 798. The Morgan fingerprint density at radius 1 is 1.15 bits per heavy atom. The van der Waals surface area contributed by atoms with Crippen molar-refractivity contribution in [3.05, 3.63) is 59.7 Å². The van der Waals surface area contributed by atoms with Gasteiger partial charge in [0.05, 0.1) is 11.3 Å². The SMILES string of the molecule is CC(C)C#Cc1cc(OCc2ccccc2)ccc1NC1CC(F)(F)C1. The molecule has 2 nitrogen and oxygen atoms in total. The van der Waals surface area contributed by atoms with Crippen molar-refractivity contribution in [2.24, 2.45) is 5.92 Å². The summed E-state index contributed by atoms with van der Waals surface area (Å²) in [7, 11) is 0. The van der Waals surface area contributed by atoms with Crippen LogP contribution in [-0.2, 0) is 6.61 Å². The van der Waals surface area contributed by atoms with E-state index in [1.165, 1.54) is 0 Å². The molecule has 1 aliphatic carbocycles. The van der Waals surface area contributed by atoms with E-state index in [1.807, 2.05) is 62.4 Å². The molecule has 0 heterocycles. The van der Waals surface area contributed by atoms with E-state index in [1.54, 1.807) is 0 Å². The van der Waals surface area contributed by atoms with Crippen molar-refractivity contribution in [3.63, 3.8) is 0 Å². The lowest BCUT2D eigenvalue weighted by Crippen LogP contribution is -2.44. The van der Waals surface area contributed by atoms with E-state index < -0.39 is 5.92 Å². The lowest BCUT2D eigenvalue weighted by molar-refractivity contribution is -0.0793. The molecule has 0 saturated heterocycles. The van der Waals surface area contributed by atoms with Gasteiger partial charge in [-0.3, -0.25) is 0 Å². The molecule has 1 aliphatic rings. The predicted molar refractivity (Wildman–Crippen MR) is 101 cm³/mol. The smallest absolute Gasteiger partial charge is 0.252 e. The second kappa shape index (κ2) is 7.78. The fourth-order valence-electron chi connectivity index (χ4n) is 2.79. The van der Waals surface area contributed by atoms with Gasteiger partial charge in [-0.1, -0.05) is 56.0 Å². The number of hydrogen-bond donors (Lipinski definition) is 1. The molecule has 4 heteroatoms. The third-order valence-corrected chi connectivity index (χ3v) is 4.18. The number of rotatable bonds is 5. The Morgan fingerprint density at radius 3 is 2.54 bits per heavy atom. The number of halogens is 2. The first-order chi connectivity index (χ1) is 12.4. The van der Waals surface area contributed by atoms with Crippen molar-refractivity contribution in [1.82, 2.24) is 0 Å². The zero-order chi connectivity index (χ0) is 18.6. The highest BCUT2D eigenvalue weighted by Gasteiger charge is 2.45. The fourth-order valence-corrected chi connectivity index (χ4v) is 2.79. The molecule has 26 heavy (non-hydrogen) atoms. The molecule has 2 aromatic carbocycles. The third-order valence-electron chi connectivity index (χ3n) is 4.18. The maximum atomic E-state index is 13.1. The predicted octanol–water partition coefficient (Wildman–Crippen LogP) is 5.48. The van der Waals surface area contributed by atoms with Gasteiger partial charge >= 0.3 is 0 Å². The Hall–Kier alpha value is -2.54. The van der Waals surface area contributed by atoms with E-state index in [2.05, 4.69) is 17.2 Å². The van der Waals surface area contributed by atoms with Crippen LogP contribution in [0.25, 0.3) is 0 Å². The normalized spacial score (nSPS) is 15.7. The van der Waals surface area contributed by atoms with E-state index in [0.717, 1.165) is 16.8 Å². The average molecular weight is 355 g/mol. The van der Waals surface area contributed by atoms with Gasteiger partial charge in [-0.15, -0.1) is 0 Å². The molecule has 3 rings (SSSR count). The van der Waals surface area contributed by atoms with Gasteiger partial charge in [0.25, 0.3) is 5.92 Å². The van der Waals surface area contributed by atoms with Crippen molar-refractivity contribution in [1.29, 1.82) is 0 Å². The van der Waals surface area contributed by atoms with E-state index in [9.17, 15) is 8.78 Å². The summed E-state index contributed by atoms with van der Waals surface area (Å²) in [6, 6.07) is 15.3. The minimum Gasteiger partial charge on any atom is -0.489 e. The summed E-state index contributed by atoms with van der Waals surface area (Å²) in [6.07, 6.45) is -0.257. The molecule has 0 unspecified atom stereocenters. The first-order valence-corrected chi connectivity index (χ1v) is 8.88. The summed E-state index contributed by atoms with van der Waals surface area (Å²) in [6.45, 7) is 4.50. The van der Waals surface area contributed by atoms with Crippen LogP contribution in [0.15, 0.2) is 48.5 Å². The van der Waals surface area contributed by atoms with Crippen LogP contribution in [-0.4, -0.2) is 12.0 Å². The topological polar surface area (TPSA) is 21.3 Å². The third kappa shape index (κ3) is 4.98. The molecular formula is C22H23F2NO. The standard InChI is InChI=1S/C22H23F2NO/c1-16(2)8-9-18-12-20(26-15-17-6-4-3-5-7-17)10-11-21(18)25-19-13-22(23,24)14-19/h3-7,10-12,16,19,25H,13-15H2,1-2H3. The molecule has 136 valence electrons. The summed E-state index contributed by atoms with van der Waals surface area (Å²) in [5.74, 6) is 4.68. The molecule has 0 bridgehead atoms. The first kappa shape index (κ1) is 18.3. The molecule has 0 spiro atoms. The van der Waals surface area contributed by atoms with Crippen molar-refractivity contribution >= 4 is 5.69 Å². The van der Waals surface area contributed by atoms with Gasteiger partial charge in [-0.25, -0.2) is 8.78 Å². The van der Waals surface area contributed by atoms with Gasteiger partial charge in [0, 0.05) is 24.8 Å². The van der Waals surface area contributed by atoms with Crippen LogP contribution in [0.1, 0.15) is 37.8 Å². The molecular weight excluding hydrogens is 332 g/mol. The van der Waals surface area contributed by atoms with E-state index in [-0.39, 0.29) is 24.8 Å². The van der Waals surface area contributed by atoms with Crippen LogP contribution >= 0.6 is 0 Å². The first-order valence-electron chi connectivity index (χ1n) is 8.88. The Labute approximate surface area is 153 Å². The quantitative estimate of drug-likeness (QED) is 0.717. The monoisotopic (exact) mass is 355 g/mol. The molecule has 0 atom stereocenters. The molecule has 1 saturated carbocycles. The van der Waals surface area contributed by atoms with Gasteiger partial charge in [0.2, 0.25) is 0 Å². The van der Waals surface area contributed by atoms with E-state index in [0.29, 0.717) is 12.4 Å². The van der Waals surface area contributed by atoms with Gasteiger partial charge < -0.3 is 10.1 Å². The molecule has 0 aliphatic heterocycles. The Kier molecular flexibility index (Phi) is 5.46. The second-order valence-corrected chi connectivity index (χ2v) is 7.01. The van der Waals surface area contributed by atoms with Gasteiger partial charge in [-0.05, 0) is 23.8 Å². The minimum atomic E-state index is -2.54. The molecule has 1 N–H and O–H groups in total. The summed E-state index contributed by atoms with van der Waals surface area (Å²) < 4.78 is 32.0. The Balaban J connectivity index is 1.73. The van der Waals surface area contributed by atoms with Crippen LogP contribution in [0.4, 0.5) is 14.5 Å². The molecule has 0 aromatic heterocycles. The molecule has 1 fully saturated rings. The average Bonchev–Trinajstić information content (AvgIpc) is 2.58. The summed E-state index contributed by atoms with van der Waals surface area (Å²) in [4.78, 5) is 0. The van der Waals surface area contributed by atoms with Crippen LogP contribution in [0.5, 0.6) is 5.75 Å². The zero-order valence-electron chi connectivity index (χ0n) is 15.1. The highest BCUT2D eigenvalue weighted by molar-refractivity contribution is 5.62. The van der Waals surface area contributed by atoms with Crippen LogP contribution < -0.4 is 10.1 Å². The maximum Gasteiger partial charge on any atom is 0.252 e. The zero-order valence-corrected chi connectivity index (χ0v) is 15.1. The van der Waals surface area contributed by atoms with Crippen LogP contribution in [0.3, 0.4) is 0 Å². The summed E-state index contributed by atoms with van der Waals surface area (Å²) in [5, 5.41) is 3.19. The van der Waals surface area contributed by atoms with Crippen molar-refractivity contribution in [2.45, 2.75) is 45.3 Å². The van der Waals surface area contributed by atoms with E-state index in [4.69, 9.17) is 4.74 Å². The molecule has 0 amide bonds. The molecule has 0 radical (unpaired) electrons. The van der Waals surface area contributed by atoms with Gasteiger partial charge in [0.1, 0.15) is 12.4 Å². The van der Waals surface area contributed by atoms with Gasteiger partial charge in [0.15, 0.2) is 0 Å². The fraction of sp³-hybridized carbons (Fsp3) is 0.364. The lowest BCUT2D eigenvalue weighted by atomic mass is 9.88. The van der Waals surface area contributed by atoms with Gasteiger partial charge in [-0.2, -0.15) is 0 Å². The number of hydrogen-bond acceptors (Lipinski definition) is 2. The van der Waals surface area contributed by atoms with E-state index >= 15 is 0 Å². The maximum absolute atomic E-state index is 13.1. The lowest BCUT2D eigenvalue weighted by Gasteiger charge is -2.36. The number of nitrogens with one attached hydrogen (secondary N) is 1. The Morgan fingerprint density at radius 2 is 1.88 bits per heavy atom. The van der Waals surface area contributed by atoms with Crippen LogP contribution in [0, 0.1) is 17.8 Å². The minimum absolute atomic E-state index is 0.129. The largest absolute Gasteiger partial charge is 0.489 e. The molecule has 2 aromatic rings. The number of ether oxygens (including phenoxy) is 1.